The average Bonchev–Trinajstić information content (AvgIpc) is 3.01. The maximum absolute atomic E-state index is 5.43. The fraction of sp³-hybridized carbons (Fsp3) is 0.421. The van der Waals surface area contributed by atoms with Crippen LogP contribution in [0.15, 0.2) is 52.1 Å². The molecule has 6 heteroatoms. The lowest BCUT2D eigenvalue weighted by molar-refractivity contribution is 0.287. The fourth-order valence-corrected chi connectivity index (χ4v) is 2.72. The molecule has 0 amide bonds. The van der Waals surface area contributed by atoms with Crippen molar-refractivity contribution in [1.29, 1.82) is 0 Å². The van der Waals surface area contributed by atoms with Crippen molar-refractivity contribution in [3.63, 3.8) is 0 Å². The van der Waals surface area contributed by atoms with Crippen molar-refractivity contribution in [2.75, 3.05) is 35.2 Å². The summed E-state index contributed by atoms with van der Waals surface area (Å²) >= 11 is 0. The highest BCUT2D eigenvalue weighted by molar-refractivity contribution is 14.0. The van der Waals surface area contributed by atoms with Crippen LogP contribution in [-0.4, -0.2) is 55.9 Å². The molecule has 2 aromatic rings. The SMILES string of the molecule is CN(Cc1ccco1)Cc1ccccc1CN=C(N(C)C)N(C)C.I. The van der Waals surface area contributed by atoms with Crippen molar-refractivity contribution in [1.82, 2.24) is 14.7 Å². The second-order valence-electron chi connectivity index (χ2n) is 6.43. The number of nitrogens with zero attached hydrogens (tertiary/aromatic N) is 4. The summed E-state index contributed by atoms with van der Waals surface area (Å²) in [6.07, 6.45) is 1.72. The first-order valence-corrected chi connectivity index (χ1v) is 8.14. The van der Waals surface area contributed by atoms with Crippen molar-refractivity contribution in [3.8, 4) is 0 Å². The van der Waals surface area contributed by atoms with E-state index in [4.69, 9.17) is 9.41 Å². The van der Waals surface area contributed by atoms with E-state index in [1.54, 1.807) is 6.26 Å². The normalized spacial score (nSPS) is 10.3. The Morgan fingerprint density at radius 2 is 1.52 bits per heavy atom. The third kappa shape index (κ3) is 6.70. The van der Waals surface area contributed by atoms with Gasteiger partial charge in [-0.1, -0.05) is 24.3 Å². The Bertz CT molecular complexity index is 643. The van der Waals surface area contributed by atoms with E-state index in [0.717, 1.165) is 24.8 Å². The molecule has 0 atom stereocenters. The highest BCUT2D eigenvalue weighted by atomic mass is 127. The molecule has 138 valence electrons. The van der Waals surface area contributed by atoms with Gasteiger partial charge in [-0.05, 0) is 30.3 Å². The van der Waals surface area contributed by atoms with Gasteiger partial charge in [0.1, 0.15) is 5.76 Å². The minimum atomic E-state index is 0. The van der Waals surface area contributed by atoms with Gasteiger partial charge < -0.3 is 14.2 Å². The van der Waals surface area contributed by atoms with Gasteiger partial charge >= 0.3 is 0 Å². The first kappa shape index (κ1) is 21.5. The molecule has 1 aromatic heterocycles. The van der Waals surface area contributed by atoms with E-state index in [-0.39, 0.29) is 24.0 Å². The van der Waals surface area contributed by atoms with Crippen LogP contribution in [-0.2, 0) is 19.6 Å². The van der Waals surface area contributed by atoms with Gasteiger partial charge in [0.2, 0.25) is 0 Å². The zero-order valence-electron chi connectivity index (χ0n) is 15.8. The molecule has 0 saturated carbocycles. The van der Waals surface area contributed by atoms with Crippen molar-refractivity contribution < 1.29 is 4.42 Å². The van der Waals surface area contributed by atoms with Crippen LogP contribution in [0.25, 0.3) is 0 Å². The molecule has 0 bridgehead atoms. The number of benzene rings is 1. The lowest BCUT2D eigenvalue weighted by Gasteiger charge is -2.23. The predicted molar refractivity (Wildman–Crippen MR) is 114 cm³/mol. The molecule has 25 heavy (non-hydrogen) atoms. The van der Waals surface area contributed by atoms with Crippen molar-refractivity contribution >= 4 is 29.9 Å². The largest absolute Gasteiger partial charge is 0.468 e. The topological polar surface area (TPSA) is 35.2 Å². The van der Waals surface area contributed by atoms with Crippen LogP contribution >= 0.6 is 24.0 Å². The van der Waals surface area contributed by atoms with Crippen LogP contribution in [0.5, 0.6) is 0 Å². The zero-order valence-corrected chi connectivity index (χ0v) is 18.1. The van der Waals surface area contributed by atoms with Gasteiger partial charge in [0.15, 0.2) is 5.96 Å². The molecule has 2 rings (SSSR count). The molecule has 0 aliphatic carbocycles. The third-order valence-corrected chi connectivity index (χ3v) is 3.76. The molecule has 0 fully saturated rings. The first-order valence-electron chi connectivity index (χ1n) is 8.14. The van der Waals surface area contributed by atoms with Gasteiger partial charge in [0.05, 0.1) is 19.4 Å². The van der Waals surface area contributed by atoms with Gasteiger partial charge in [-0.3, -0.25) is 4.90 Å². The summed E-state index contributed by atoms with van der Waals surface area (Å²) in [4.78, 5) is 11.1. The Kier molecular flexibility index (Phi) is 8.99. The second-order valence-corrected chi connectivity index (χ2v) is 6.43. The molecule has 5 nitrogen and oxygen atoms in total. The smallest absolute Gasteiger partial charge is 0.195 e. The lowest BCUT2D eigenvalue weighted by Crippen LogP contribution is -2.35. The van der Waals surface area contributed by atoms with E-state index in [2.05, 4.69) is 36.2 Å². The van der Waals surface area contributed by atoms with Crippen molar-refractivity contribution in [3.05, 3.63) is 59.5 Å². The van der Waals surface area contributed by atoms with E-state index in [1.807, 2.05) is 50.1 Å². The first-order chi connectivity index (χ1) is 11.5. The molecular formula is C19H29IN4O. The summed E-state index contributed by atoms with van der Waals surface area (Å²) in [5, 5.41) is 0. The Labute approximate surface area is 168 Å². The van der Waals surface area contributed by atoms with E-state index in [9.17, 15) is 0 Å². The average molecular weight is 456 g/mol. The van der Waals surface area contributed by atoms with Gasteiger partial charge in [-0.25, -0.2) is 4.99 Å². The Morgan fingerprint density at radius 1 is 0.880 bits per heavy atom. The Balaban J connectivity index is 0.00000312. The number of guanidine groups is 1. The number of hydrogen-bond acceptors (Lipinski definition) is 3. The summed E-state index contributed by atoms with van der Waals surface area (Å²) in [6, 6.07) is 12.4. The summed E-state index contributed by atoms with van der Waals surface area (Å²) in [5.41, 5.74) is 2.55. The molecule has 0 saturated heterocycles. The molecular weight excluding hydrogens is 427 g/mol. The number of furan rings is 1. The quantitative estimate of drug-likeness (QED) is 0.379. The number of hydrogen-bond donors (Lipinski definition) is 0. The summed E-state index contributed by atoms with van der Waals surface area (Å²) in [5.74, 6) is 1.95. The molecule has 0 unspecified atom stereocenters. The fourth-order valence-electron chi connectivity index (χ4n) is 2.72. The molecule has 0 radical (unpaired) electrons. The highest BCUT2D eigenvalue weighted by Gasteiger charge is 2.09. The molecule has 0 aliphatic rings. The van der Waals surface area contributed by atoms with Gasteiger partial charge in [-0.2, -0.15) is 0 Å². The Morgan fingerprint density at radius 3 is 2.08 bits per heavy atom. The van der Waals surface area contributed by atoms with Crippen LogP contribution < -0.4 is 0 Å². The molecule has 0 spiro atoms. The molecule has 0 N–H and O–H groups in total. The van der Waals surface area contributed by atoms with Crippen LogP contribution in [0.1, 0.15) is 16.9 Å². The van der Waals surface area contributed by atoms with Crippen molar-refractivity contribution in [2.24, 2.45) is 4.99 Å². The maximum atomic E-state index is 5.43. The van der Waals surface area contributed by atoms with E-state index in [1.165, 1.54) is 11.1 Å². The van der Waals surface area contributed by atoms with E-state index >= 15 is 0 Å². The minimum absolute atomic E-state index is 0. The number of rotatable bonds is 6. The molecule has 1 aromatic carbocycles. The number of aliphatic imine (C=N–C) groups is 1. The lowest BCUT2D eigenvalue weighted by atomic mass is 10.1. The van der Waals surface area contributed by atoms with Gasteiger partial charge in [-0.15, -0.1) is 24.0 Å². The highest BCUT2D eigenvalue weighted by Crippen LogP contribution is 2.14. The third-order valence-electron chi connectivity index (χ3n) is 3.76. The Hall–Kier alpha value is -1.54. The van der Waals surface area contributed by atoms with Crippen LogP contribution in [0.2, 0.25) is 0 Å². The van der Waals surface area contributed by atoms with Gasteiger partial charge in [0, 0.05) is 34.7 Å². The zero-order chi connectivity index (χ0) is 17.5. The predicted octanol–water partition coefficient (Wildman–Crippen LogP) is 3.51. The van der Waals surface area contributed by atoms with Crippen LogP contribution in [0.3, 0.4) is 0 Å². The van der Waals surface area contributed by atoms with E-state index in [0.29, 0.717) is 6.54 Å². The monoisotopic (exact) mass is 456 g/mol. The summed E-state index contributed by atoms with van der Waals surface area (Å²) in [7, 11) is 10.2. The number of halogens is 1. The molecule has 1 heterocycles. The summed E-state index contributed by atoms with van der Waals surface area (Å²) < 4.78 is 5.43. The van der Waals surface area contributed by atoms with E-state index < -0.39 is 0 Å². The maximum Gasteiger partial charge on any atom is 0.195 e. The summed E-state index contributed by atoms with van der Waals surface area (Å²) in [6.45, 7) is 2.34. The minimum Gasteiger partial charge on any atom is -0.468 e. The van der Waals surface area contributed by atoms with Gasteiger partial charge in [0.25, 0.3) is 0 Å². The van der Waals surface area contributed by atoms with Crippen molar-refractivity contribution in [2.45, 2.75) is 19.6 Å². The van der Waals surface area contributed by atoms with Crippen LogP contribution in [0.4, 0.5) is 0 Å². The standard InChI is InChI=1S/C19H28N4O.HI/c1-21(2)19(22(3)4)20-13-16-9-6-7-10-17(16)14-23(5)15-18-11-8-12-24-18;/h6-12H,13-15H2,1-5H3;1H. The second kappa shape index (κ2) is 10.5. The van der Waals surface area contributed by atoms with Crippen LogP contribution in [0, 0.1) is 0 Å². The molecule has 0 aliphatic heterocycles.